The van der Waals surface area contributed by atoms with Gasteiger partial charge in [-0.15, -0.1) is 11.3 Å². The maximum Gasteiger partial charge on any atom is 0.165 e. The molecule has 11 aromatic rings. The minimum Gasteiger partial charge on any atom is -0.208 e. The van der Waals surface area contributed by atoms with Crippen molar-refractivity contribution in [3.05, 3.63) is 247 Å². The van der Waals surface area contributed by atoms with Gasteiger partial charge in [-0.2, -0.15) is 0 Å². The van der Waals surface area contributed by atoms with Crippen LogP contribution in [0.1, 0.15) is 22.3 Å². The molecule has 2 heterocycles. The highest BCUT2D eigenvalue weighted by Crippen LogP contribution is 2.58. The summed E-state index contributed by atoms with van der Waals surface area (Å²) in [6.07, 6.45) is 0. The molecule has 0 radical (unpaired) electrons. The van der Waals surface area contributed by atoms with Crippen molar-refractivity contribution in [3.63, 3.8) is 0 Å². The van der Waals surface area contributed by atoms with Crippen LogP contribution in [0.15, 0.2) is 224 Å². The molecule has 0 N–H and O–H groups in total. The zero-order valence-electron chi connectivity index (χ0n) is 33.6. The summed E-state index contributed by atoms with van der Waals surface area (Å²) >= 11 is 1.79. The van der Waals surface area contributed by atoms with Crippen LogP contribution in [0.3, 0.4) is 0 Å². The smallest absolute Gasteiger partial charge is 0.165 e. The van der Waals surface area contributed by atoms with Crippen LogP contribution in [-0.4, -0.2) is 15.0 Å². The molecule has 0 amide bonds. The van der Waals surface area contributed by atoms with Crippen molar-refractivity contribution >= 4 is 31.5 Å². The van der Waals surface area contributed by atoms with Crippen molar-refractivity contribution < 1.29 is 0 Å². The molecule has 0 aliphatic heterocycles. The first-order valence-corrected chi connectivity index (χ1v) is 21.8. The zero-order chi connectivity index (χ0) is 41.0. The molecule has 1 aliphatic carbocycles. The SMILES string of the molecule is c1ccc(-c2ccc(-c3ccc(-c4nc(-c5cccc6c5-c5ccccc5C6(c5ccccc5)c5ccccc5)nc(-c5cccc6c5sc5ccccc56)n4)cc3)cc2)cc1. The van der Waals surface area contributed by atoms with Crippen molar-refractivity contribution in [1.82, 2.24) is 15.0 Å². The van der Waals surface area contributed by atoms with Crippen LogP contribution in [0, 0.1) is 0 Å². The van der Waals surface area contributed by atoms with E-state index in [9.17, 15) is 0 Å². The lowest BCUT2D eigenvalue weighted by molar-refractivity contribution is 0.768. The van der Waals surface area contributed by atoms with E-state index < -0.39 is 5.41 Å². The Labute approximate surface area is 364 Å². The van der Waals surface area contributed by atoms with E-state index in [2.05, 4.69) is 224 Å². The third-order valence-corrected chi connectivity index (χ3v) is 13.7. The lowest BCUT2D eigenvalue weighted by Gasteiger charge is -2.33. The maximum atomic E-state index is 5.45. The molecular formula is C58H37N3S. The molecule has 62 heavy (non-hydrogen) atoms. The molecule has 0 bridgehead atoms. The molecule has 0 spiro atoms. The van der Waals surface area contributed by atoms with Crippen molar-refractivity contribution in [2.24, 2.45) is 0 Å². The van der Waals surface area contributed by atoms with Gasteiger partial charge in [-0.3, -0.25) is 0 Å². The lowest BCUT2D eigenvalue weighted by atomic mass is 9.67. The van der Waals surface area contributed by atoms with Crippen LogP contribution >= 0.6 is 11.3 Å². The molecule has 4 heteroatoms. The standard InChI is InChI=1S/C58H37N3S/c1-4-16-38(17-5-1)39-30-32-40(33-31-39)41-34-36-42(37-35-41)55-59-56(61-57(60-55)49-26-14-24-46-45-22-11-13-29-52(45)62-54(46)49)48-25-15-28-51-53(48)47-23-10-12-27-50(47)58(51,43-18-6-2-7-19-43)44-20-8-3-9-21-44/h1-37H. The van der Waals surface area contributed by atoms with Gasteiger partial charge in [-0.1, -0.05) is 212 Å². The Hall–Kier alpha value is -7.79. The first-order chi connectivity index (χ1) is 30.7. The first kappa shape index (κ1) is 36.1. The third-order valence-electron chi connectivity index (χ3n) is 12.5. The Balaban J connectivity index is 1.06. The van der Waals surface area contributed by atoms with Gasteiger partial charge in [-0.25, -0.2) is 15.0 Å². The van der Waals surface area contributed by atoms with Crippen LogP contribution in [0.25, 0.3) is 87.7 Å². The summed E-state index contributed by atoms with van der Waals surface area (Å²) in [5.74, 6) is 1.94. The van der Waals surface area contributed by atoms with Gasteiger partial charge in [0.15, 0.2) is 17.5 Å². The van der Waals surface area contributed by atoms with Gasteiger partial charge < -0.3 is 0 Å². The van der Waals surface area contributed by atoms with E-state index in [-0.39, 0.29) is 0 Å². The van der Waals surface area contributed by atoms with Crippen LogP contribution < -0.4 is 0 Å². The number of hydrogen-bond donors (Lipinski definition) is 0. The highest BCUT2D eigenvalue weighted by Gasteiger charge is 2.47. The summed E-state index contributed by atoms with van der Waals surface area (Å²) in [7, 11) is 0. The predicted octanol–water partition coefficient (Wildman–Crippen LogP) is 14.9. The maximum absolute atomic E-state index is 5.45. The second-order valence-electron chi connectivity index (χ2n) is 15.9. The minimum absolute atomic E-state index is 0.541. The summed E-state index contributed by atoms with van der Waals surface area (Å²) in [5, 5.41) is 2.45. The zero-order valence-corrected chi connectivity index (χ0v) is 34.4. The quantitative estimate of drug-likeness (QED) is 0.161. The van der Waals surface area contributed by atoms with Crippen molar-refractivity contribution in [1.29, 1.82) is 0 Å². The molecule has 0 saturated heterocycles. The summed E-state index contributed by atoms with van der Waals surface area (Å²) in [5.41, 5.74) is 14.3. The molecule has 2 aromatic heterocycles. The molecular weight excluding hydrogens is 771 g/mol. The summed E-state index contributed by atoms with van der Waals surface area (Å²) in [6.45, 7) is 0. The second kappa shape index (κ2) is 14.7. The average Bonchev–Trinajstić information content (AvgIpc) is 3.89. The fourth-order valence-electron chi connectivity index (χ4n) is 9.65. The van der Waals surface area contributed by atoms with Crippen LogP contribution in [0.5, 0.6) is 0 Å². The Morgan fingerprint density at radius 2 is 0.758 bits per heavy atom. The number of rotatable bonds is 7. The van der Waals surface area contributed by atoms with Crippen molar-refractivity contribution in [2.75, 3.05) is 0 Å². The van der Waals surface area contributed by atoms with E-state index in [0.29, 0.717) is 17.5 Å². The van der Waals surface area contributed by atoms with Gasteiger partial charge in [0.2, 0.25) is 0 Å². The van der Waals surface area contributed by atoms with Gasteiger partial charge in [-0.05, 0) is 67.8 Å². The number of fused-ring (bicyclic) bond motifs is 6. The van der Waals surface area contributed by atoms with E-state index in [0.717, 1.165) is 33.4 Å². The summed E-state index contributed by atoms with van der Waals surface area (Å²) < 4.78 is 2.41. The Morgan fingerprint density at radius 3 is 1.44 bits per heavy atom. The molecule has 0 fully saturated rings. The van der Waals surface area contributed by atoms with Gasteiger partial charge in [0.25, 0.3) is 0 Å². The molecule has 1 aliphatic rings. The fraction of sp³-hybridized carbons (Fsp3) is 0.0172. The number of aromatic nitrogens is 3. The number of benzene rings is 9. The molecule has 12 rings (SSSR count). The van der Waals surface area contributed by atoms with Gasteiger partial charge in [0.1, 0.15) is 0 Å². The topological polar surface area (TPSA) is 38.7 Å². The Kier molecular flexibility index (Phi) is 8.58. The van der Waals surface area contributed by atoms with E-state index in [1.165, 1.54) is 59.1 Å². The van der Waals surface area contributed by atoms with Crippen molar-refractivity contribution in [2.45, 2.75) is 5.41 Å². The van der Waals surface area contributed by atoms with E-state index in [1.54, 1.807) is 11.3 Å². The summed E-state index contributed by atoms with van der Waals surface area (Å²) in [4.78, 5) is 16.2. The number of hydrogen-bond acceptors (Lipinski definition) is 4. The molecule has 290 valence electrons. The van der Waals surface area contributed by atoms with E-state index in [1.807, 2.05) is 0 Å². The number of nitrogens with zero attached hydrogens (tertiary/aromatic N) is 3. The average molecular weight is 808 g/mol. The van der Waals surface area contributed by atoms with Crippen molar-refractivity contribution in [3.8, 4) is 67.5 Å². The van der Waals surface area contributed by atoms with E-state index >= 15 is 0 Å². The van der Waals surface area contributed by atoms with Crippen LogP contribution in [0.2, 0.25) is 0 Å². The third kappa shape index (κ3) is 5.76. The van der Waals surface area contributed by atoms with Gasteiger partial charge >= 0.3 is 0 Å². The van der Waals surface area contributed by atoms with Gasteiger partial charge in [0, 0.05) is 36.9 Å². The molecule has 0 unspecified atom stereocenters. The normalized spacial score (nSPS) is 12.6. The molecule has 0 atom stereocenters. The monoisotopic (exact) mass is 807 g/mol. The highest BCUT2D eigenvalue weighted by molar-refractivity contribution is 7.26. The number of thiophene rings is 1. The second-order valence-corrected chi connectivity index (χ2v) is 16.9. The summed E-state index contributed by atoms with van der Waals surface area (Å²) in [6, 6.07) is 80.4. The fourth-order valence-corrected chi connectivity index (χ4v) is 10.9. The Bertz CT molecular complexity index is 3390. The first-order valence-electron chi connectivity index (χ1n) is 21.0. The van der Waals surface area contributed by atoms with E-state index in [4.69, 9.17) is 15.0 Å². The lowest BCUT2D eigenvalue weighted by Crippen LogP contribution is -2.28. The highest BCUT2D eigenvalue weighted by atomic mass is 32.1. The van der Waals surface area contributed by atoms with Crippen LogP contribution in [0.4, 0.5) is 0 Å². The van der Waals surface area contributed by atoms with Crippen LogP contribution in [-0.2, 0) is 5.41 Å². The predicted molar refractivity (Wildman–Crippen MR) is 257 cm³/mol. The Morgan fingerprint density at radius 1 is 0.306 bits per heavy atom. The minimum atomic E-state index is -0.541. The largest absolute Gasteiger partial charge is 0.208 e. The molecule has 0 saturated carbocycles. The molecule has 3 nitrogen and oxygen atoms in total. The molecule has 9 aromatic carbocycles. The van der Waals surface area contributed by atoms with Gasteiger partial charge in [0.05, 0.1) is 5.41 Å².